The average molecular weight is 597 g/mol. The van der Waals surface area contributed by atoms with Crippen LogP contribution in [0, 0.1) is 6.92 Å². The monoisotopic (exact) mass is 596 g/mol. The Labute approximate surface area is 249 Å². The summed E-state index contributed by atoms with van der Waals surface area (Å²) in [6, 6.07) is 29.4. The van der Waals surface area contributed by atoms with E-state index < -0.39 is 15.9 Å². The van der Waals surface area contributed by atoms with Gasteiger partial charge in [0.15, 0.2) is 0 Å². The first-order valence-electron chi connectivity index (χ1n) is 13.1. The Morgan fingerprint density at radius 3 is 2.07 bits per heavy atom. The second kappa shape index (κ2) is 12.6. The molecule has 4 aromatic carbocycles. The molecule has 1 N–H and O–H groups in total. The van der Waals surface area contributed by atoms with Gasteiger partial charge in [0.1, 0.15) is 5.75 Å². The van der Waals surface area contributed by atoms with Crippen LogP contribution in [-0.4, -0.2) is 32.4 Å². The van der Waals surface area contributed by atoms with Crippen LogP contribution in [0.5, 0.6) is 5.75 Å². The molecule has 0 saturated heterocycles. The number of carbonyl (C=O) groups is 2. The van der Waals surface area contributed by atoms with E-state index in [0.29, 0.717) is 21.9 Å². The van der Waals surface area contributed by atoms with E-state index in [1.807, 2.05) is 73.7 Å². The molecule has 0 saturated carbocycles. The Morgan fingerprint density at radius 2 is 1.45 bits per heavy atom. The zero-order valence-corrected chi connectivity index (χ0v) is 24.7. The van der Waals surface area contributed by atoms with Crippen molar-refractivity contribution in [2.45, 2.75) is 24.7 Å². The summed E-state index contributed by atoms with van der Waals surface area (Å²) < 4.78 is 32.3. The number of rotatable bonds is 9. The Morgan fingerprint density at radius 1 is 0.857 bits per heavy atom. The molecule has 0 aliphatic carbocycles. The third-order valence-corrected chi connectivity index (χ3v) is 8.99. The summed E-state index contributed by atoms with van der Waals surface area (Å²) >= 11 is 1.35. The summed E-state index contributed by atoms with van der Waals surface area (Å²) in [5.74, 6) is -0.0769. The maximum atomic E-state index is 12.6. The van der Waals surface area contributed by atoms with E-state index in [0.717, 1.165) is 33.6 Å². The van der Waals surface area contributed by atoms with Crippen molar-refractivity contribution in [3.63, 3.8) is 0 Å². The summed E-state index contributed by atoms with van der Waals surface area (Å²) in [4.78, 5) is 29.8. The van der Waals surface area contributed by atoms with E-state index in [1.54, 1.807) is 31.4 Å². The molecule has 4 aromatic rings. The predicted molar refractivity (Wildman–Crippen MR) is 167 cm³/mol. The van der Waals surface area contributed by atoms with E-state index in [9.17, 15) is 18.0 Å². The molecule has 212 valence electrons. The van der Waals surface area contributed by atoms with Gasteiger partial charge >= 0.3 is 0 Å². The number of aryl methyl sites for hydroxylation is 1. The fourth-order valence-electron chi connectivity index (χ4n) is 4.33. The van der Waals surface area contributed by atoms with Gasteiger partial charge in [-0.15, -0.1) is 0 Å². The maximum absolute atomic E-state index is 12.6. The second-order valence-electron chi connectivity index (χ2n) is 9.78. The molecule has 1 heterocycles. The number of thioether (sulfide) groups is 1. The molecule has 0 spiro atoms. The third kappa shape index (κ3) is 7.23. The summed E-state index contributed by atoms with van der Waals surface area (Å²) in [5, 5.41) is 0.691. The molecule has 2 amide bonds. The first kappa shape index (κ1) is 29.0. The number of carbonyl (C=O) groups excluding carboxylic acids is 2. The van der Waals surface area contributed by atoms with Gasteiger partial charge in [-0.1, -0.05) is 90.1 Å². The van der Waals surface area contributed by atoms with Crippen molar-refractivity contribution in [3.8, 4) is 16.9 Å². The van der Waals surface area contributed by atoms with E-state index in [1.165, 1.54) is 23.9 Å². The summed E-state index contributed by atoms with van der Waals surface area (Å²) in [7, 11) is -2.29. The minimum absolute atomic E-state index is 0.0418. The van der Waals surface area contributed by atoms with Crippen LogP contribution in [0.1, 0.15) is 22.3 Å². The number of hydrogen-bond acceptors (Lipinski definition) is 6. The van der Waals surface area contributed by atoms with Gasteiger partial charge in [-0.3, -0.25) is 9.59 Å². The maximum Gasteiger partial charge on any atom is 0.284 e. The molecule has 0 aromatic heterocycles. The van der Waals surface area contributed by atoms with Gasteiger partial charge < -0.3 is 4.74 Å². The molecule has 0 bridgehead atoms. The lowest BCUT2D eigenvalue weighted by atomic mass is 10.0. The fourth-order valence-corrected chi connectivity index (χ4v) is 6.27. The molecule has 9 heteroatoms. The Bertz CT molecular complexity index is 1780. The van der Waals surface area contributed by atoms with Crippen molar-refractivity contribution in [2.24, 2.45) is 4.99 Å². The smallest absolute Gasteiger partial charge is 0.284 e. The molecule has 42 heavy (non-hydrogen) atoms. The van der Waals surface area contributed by atoms with E-state index in [-0.39, 0.29) is 17.2 Å². The van der Waals surface area contributed by atoms with Gasteiger partial charge in [0, 0.05) is 6.42 Å². The number of sulfonamides is 1. The summed E-state index contributed by atoms with van der Waals surface area (Å²) in [6.07, 6.45) is 2.23. The lowest BCUT2D eigenvalue weighted by Gasteiger charge is -2.08. The number of ether oxygens (including phenoxy) is 1. The van der Waals surface area contributed by atoms with Crippen LogP contribution < -0.4 is 9.46 Å². The Hall–Kier alpha value is -4.47. The highest BCUT2D eigenvalue weighted by Crippen LogP contribution is 2.31. The lowest BCUT2D eigenvalue weighted by Crippen LogP contribution is -2.31. The van der Waals surface area contributed by atoms with Gasteiger partial charge in [0.05, 0.1) is 28.4 Å². The van der Waals surface area contributed by atoms with Gasteiger partial charge in [-0.05, 0) is 65.1 Å². The van der Waals surface area contributed by atoms with Crippen LogP contribution in [0.3, 0.4) is 0 Å². The average Bonchev–Trinajstić information content (AvgIpc) is 3.32. The van der Waals surface area contributed by atoms with Crippen LogP contribution in [-0.2, 0) is 32.5 Å². The zero-order chi connectivity index (χ0) is 29.7. The van der Waals surface area contributed by atoms with Crippen molar-refractivity contribution in [1.29, 1.82) is 0 Å². The van der Waals surface area contributed by atoms with Crippen LogP contribution in [0.25, 0.3) is 17.2 Å². The van der Waals surface area contributed by atoms with Crippen LogP contribution in [0.15, 0.2) is 112 Å². The SMILES string of the molecule is COc1ccc(-c2ccc(/C=C3/SC(Cc4ccc(CC(=O)NS(=O)(=O)c5ccc(C)cc5)cc4)=NC3=O)cc2)cc1. The molecule has 1 aliphatic rings. The largest absolute Gasteiger partial charge is 0.497 e. The van der Waals surface area contributed by atoms with Gasteiger partial charge in [-0.2, -0.15) is 0 Å². The first-order valence-corrected chi connectivity index (χ1v) is 15.4. The Kier molecular flexibility index (Phi) is 8.70. The van der Waals surface area contributed by atoms with Crippen LogP contribution in [0.4, 0.5) is 0 Å². The number of nitrogens with one attached hydrogen (secondary N) is 1. The van der Waals surface area contributed by atoms with E-state index in [2.05, 4.69) is 9.71 Å². The molecule has 0 radical (unpaired) electrons. The highest BCUT2D eigenvalue weighted by Gasteiger charge is 2.22. The van der Waals surface area contributed by atoms with Crippen molar-refractivity contribution in [2.75, 3.05) is 7.11 Å². The topological polar surface area (TPSA) is 102 Å². The molecule has 5 rings (SSSR count). The summed E-state index contributed by atoms with van der Waals surface area (Å²) in [6.45, 7) is 1.86. The number of benzene rings is 4. The Balaban J connectivity index is 1.16. The third-order valence-electron chi connectivity index (χ3n) is 6.62. The number of amides is 2. The highest BCUT2D eigenvalue weighted by molar-refractivity contribution is 8.18. The second-order valence-corrected chi connectivity index (χ2v) is 12.6. The molecular weight excluding hydrogens is 569 g/mol. The zero-order valence-electron chi connectivity index (χ0n) is 23.0. The number of methoxy groups -OCH3 is 1. The number of nitrogens with zero attached hydrogens (tertiary/aromatic N) is 1. The molecule has 7 nitrogen and oxygen atoms in total. The predicted octanol–water partition coefficient (Wildman–Crippen LogP) is 5.97. The summed E-state index contributed by atoms with van der Waals surface area (Å²) in [5.41, 5.74) is 5.57. The molecule has 1 aliphatic heterocycles. The first-order chi connectivity index (χ1) is 20.2. The molecular formula is C33H28N2O5S2. The lowest BCUT2D eigenvalue weighted by molar-refractivity contribution is -0.118. The number of aliphatic imine (C=N–C) groups is 1. The van der Waals surface area contributed by atoms with Crippen molar-refractivity contribution < 1.29 is 22.7 Å². The molecule has 0 unspecified atom stereocenters. The van der Waals surface area contributed by atoms with Crippen LogP contribution >= 0.6 is 11.8 Å². The van der Waals surface area contributed by atoms with Crippen molar-refractivity contribution >= 4 is 44.7 Å². The fraction of sp³-hybridized carbons (Fsp3) is 0.121. The quantitative estimate of drug-likeness (QED) is 0.239. The van der Waals surface area contributed by atoms with E-state index >= 15 is 0 Å². The highest BCUT2D eigenvalue weighted by atomic mass is 32.2. The van der Waals surface area contributed by atoms with Gasteiger partial charge in [0.2, 0.25) is 5.91 Å². The minimum atomic E-state index is -3.93. The van der Waals surface area contributed by atoms with Gasteiger partial charge in [-0.25, -0.2) is 18.1 Å². The van der Waals surface area contributed by atoms with Crippen LogP contribution in [0.2, 0.25) is 0 Å². The van der Waals surface area contributed by atoms with E-state index in [4.69, 9.17) is 4.74 Å². The van der Waals surface area contributed by atoms with Gasteiger partial charge in [0.25, 0.3) is 15.9 Å². The standard InChI is InChI=1S/C33H28N2O5S2/c1-22-3-17-29(18-4-22)42(38,39)35-31(36)20-24-5-7-25(8-6-24)21-32-34-33(37)30(41-32)19-23-9-11-26(12-10-23)27-13-15-28(40-2)16-14-27/h3-19H,20-21H2,1-2H3,(H,35,36)/b30-19+. The minimum Gasteiger partial charge on any atom is -0.497 e. The number of hydrogen-bond donors (Lipinski definition) is 1. The van der Waals surface area contributed by atoms with Crippen molar-refractivity contribution in [3.05, 3.63) is 124 Å². The normalized spacial score (nSPS) is 14.1. The molecule has 0 atom stereocenters. The van der Waals surface area contributed by atoms with Crippen molar-refractivity contribution in [1.82, 2.24) is 4.72 Å². The molecule has 0 fully saturated rings.